The van der Waals surface area contributed by atoms with E-state index in [9.17, 15) is 4.79 Å². The monoisotopic (exact) mass is 247 g/mol. The Labute approximate surface area is 101 Å². The van der Waals surface area contributed by atoms with Crippen LogP contribution in [-0.2, 0) is 4.79 Å². The number of nitrogens with zero attached hydrogens (tertiary/aromatic N) is 1. The summed E-state index contributed by atoms with van der Waals surface area (Å²) in [6, 6.07) is 0. The fourth-order valence-corrected chi connectivity index (χ4v) is 1.86. The highest BCUT2D eigenvalue weighted by molar-refractivity contribution is 7.98. The minimum atomic E-state index is -0.718. The molecule has 0 radical (unpaired) electrons. The Morgan fingerprint density at radius 1 is 1.50 bits per heavy atom. The van der Waals surface area contributed by atoms with Gasteiger partial charge in [0.15, 0.2) is 5.84 Å². The van der Waals surface area contributed by atoms with E-state index < -0.39 is 5.54 Å². The van der Waals surface area contributed by atoms with Gasteiger partial charge in [-0.05, 0) is 19.1 Å². The quantitative estimate of drug-likeness (QED) is 0.273. The first-order chi connectivity index (χ1) is 7.56. The van der Waals surface area contributed by atoms with Gasteiger partial charge in [0, 0.05) is 12.2 Å². The molecular formula is C10H21N3O2S. The lowest BCUT2D eigenvalue weighted by molar-refractivity contribution is -0.122. The third-order valence-corrected chi connectivity index (χ3v) is 3.33. The minimum absolute atomic E-state index is 0.0648. The molecule has 0 bridgehead atoms. The van der Waals surface area contributed by atoms with Gasteiger partial charge >= 0.3 is 0 Å². The van der Waals surface area contributed by atoms with Crippen LogP contribution in [0.5, 0.6) is 0 Å². The Hall–Kier alpha value is -0.910. The van der Waals surface area contributed by atoms with E-state index in [1.165, 1.54) is 0 Å². The van der Waals surface area contributed by atoms with Crippen molar-refractivity contribution in [2.75, 3.05) is 12.0 Å². The van der Waals surface area contributed by atoms with Gasteiger partial charge in [0.1, 0.15) is 5.54 Å². The maximum atomic E-state index is 11.6. The summed E-state index contributed by atoms with van der Waals surface area (Å²) in [7, 11) is 0. The van der Waals surface area contributed by atoms with Gasteiger partial charge in [-0.15, -0.1) is 0 Å². The van der Waals surface area contributed by atoms with E-state index in [0.717, 1.165) is 5.75 Å². The molecule has 94 valence electrons. The molecule has 4 N–H and O–H groups in total. The number of amidine groups is 1. The Morgan fingerprint density at radius 3 is 2.44 bits per heavy atom. The summed E-state index contributed by atoms with van der Waals surface area (Å²) in [6.07, 6.45) is 3.60. The van der Waals surface area contributed by atoms with Gasteiger partial charge in [0.25, 0.3) is 0 Å². The van der Waals surface area contributed by atoms with Crippen molar-refractivity contribution in [2.24, 2.45) is 10.9 Å². The molecule has 0 spiro atoms. The van der Waals surface area contributed by atoms with Crippen LogP contribution in [0.2, 0.25) is 0 Å². The molecule has 0 heterocycles. The first kappa shape index (κ1) is 15.1. The van der Waals surface area contributed by atoms with Gasteiger partial charge in [-0.25, -0.2) is 0 Å². The minimum Gasteiger partial charge on any atom is -0.409 e. The molecule has 0 rings (SSSR count). The molecular weight excluding hydrogens is 226 g/mol. The van der Waals surface area contributed by atoms with E-state index in [2.05, 4.69) is 10.5 Å². The van der Waals surface area contributed by atoms with Crippen molar-refractivity contribution in [3.63, 3.8) is 0 Å². The second-order valence-electron chi connectivity index (χ2n) is 3.57. The summed E-state index contributed by atoms with van der Waals surface area (Å²) in [5, 5.41) is 14.6. The van der Waals surface area contributed by atoms with Crippen LogP contribution in [0, 0.1) is 0 Å². The third-order valence-electron chi connectivity index (χ3n) is 2.72. The van der Waals surface area contributed by atoms with Crippen molar-refractivity contribution in [1.29, 1.82) is 0 Å². The lowest BCUT2D eigenvalue weighted by atomic mass is 9.91. The van der Waals surface area contributed by atoms with Crippen LogP contribution >= 0.6 is 11.8 Å². The Bertz CT molecular complexity index is 252. The molecule has 0 aromatic rings. The van der Waals surface area contributed by atoms with Crippen molar-refractivity contribution < 1.29 is 10.0 Å². The van der Waals surface area contributed by atoms with E-state index in [0.29, 0.717) is 19.3 Å². The van der Waals surface area contributed by atoms with Crippen molar-refractivity contribution in [2.45, 2.75) is 38.6 Å². The van der Waals surface area contributed by atoms with E-state index in [-0.39, 0.29) is 11.7 Å². The molecule has 0 aliphatic heterocycles. The molecule has 1 amide bonds. The number of nitrogens with one attached hydrogen (secondary N) is 1. The highest BCUT2D eigenvalue weighted by atomic mass is 32.2. The van der Waals surface area contributed by atoms with Crippen molar-refractivity contribution >= 4 is 23.5 Å². The number of amides is 1. The normalized spacial score (nSPS) is 12.6. The van der Waals surface area contributed by atoms with Gasteiger partial charge in [-0.1, -0.05) is 19.0 Å². The van der Waals surface area contributed by atoms with Crippen LogP contribution < -0.4 is 11.1 Å². The number of nitrogens with two attached hydrogens (primary N) is 1. The number of rotatable bonds is 7. The van der Waals surface area contributed by atoms with E-state index in [1.54, 1.807) is 11.8 Å². The number of carbonyl (C=O) groups excluding carboxylic acids is 1. The summed E-state index contributed by atoms with van der Waals surface area (Å²) in [6.45, 7) is 3.80. The van der Waals surface area contributed by atoms with E-state index in [1.807, 2.05) is 20.1 Å². The van der Waals surface area contributed by atoms with Crippen LogP contribution in [0.15, 0.2) is 5.16 Å². The SMILES string of the molecule is CCC(CC)(NC(=O)CCSC)C(N)=NO. The number of hydrogen-bond acceptors (Lipinski definition) is 4. The Morgan fingerprint density at radius 2 is 2.06 bits per heavy atom. The molecule has 0 aromatic carbocycles. The van der Waals surface area contributed by atoms with Crippen molar-refractivity contribution in [3.05, 3.63) is 0 Å². The molecule has 0 unspecified atom stereocenters. The highest BCUT2D eigenvalue weighted by Crippen LogP contribution is 2.15. The van der Waals surface area contributed by atoms with Crippen LogP contribution in [0.3, 0.4) is 0 Å². The second kappa shape index (κ2) is 7.38. The summed E-state index contributed by atoms with van der Waals surface area (Å²) in [4.78, 5) is 11.6. The number of thioether (sulfide) groups is 1. The average Bonchev–Trinajstić information content (AvgIpc) is 2.32. The zero-order chi connectivity index (χ0) is 12.6. The maximum absolute atomic E-state index is 11.6. The van der Waals surface area contributed by atoms with Gasteiger partial charge in [-0.2, -0.15) is 11.8 Å². The maximum Gasteiger partial charge on any atom is 0.221 e. The molecule has 0 saturated carbocycles. The van der Waals surface area contributed by atoms with Crippen LogP contribution in [0.4, 0.5) is 0 Å². The number of carbonyl (C=O) groups is 1. The van der Waals surface area contributed by atoms with Gasteiger partial charge in [0.05, 0.1) is 0 Å². The van der Waals surface area contributed by atoms with E-state index >= 15 is 0 Å². The summed E-state index contributed by atoms with van der Waals surface area (Å²) < 4.78 is 0. The molecule has 16 heavy (non-hydrogen) atoms. The largest absolute Gasteiger partial charge is 0.409 e. The Balaban J connectivity index is 4.61. The predicted molar refractivity (Wildman–Crippen MR) is 67.9 cm³/mol. The molecule has 6 heteroatoms. The number of hydrogen-bond donors (Lipinski definition) is 3. The Kier molecular flexibility index (Phi) is 6.96. The lowest BCUT2D eigenvalue weighted by Gasteiger charge is -2.31. The van der Waals surface area contributed by atoms with E-state index in [4.69, 9.17) is 10.9 Å². The van der Waals surface area contributed by atoms with Gasteiger partial charge in [-0.3, -0.25) is 4.79 Å². The van der Waals surface area contributed by atoms with Crippen molar-refractivity contribution in [1.82, 2.24) is 5.32 Å². The predicted octanol–water partition coefficient (Wildman–Crippen LogP) is 1.16. The fourth-order valence-electron chi connectivity index (χ4n) is 1.47. The average molecular weight is 247 g/mol. The molecule has 0 aromatic heterocycles. The highest BCUT2D eigenvalue weighted by Gasteiger charge is 2.32. The zero-order valence-electron chi connectivity index (χ0n) is 10.1. The second-order valence-corrected chi connectivity index (χ2v) is 4.55. The van der Waals surface area contributed by atoms with Crippen LogP contribution in [-0.4, -0.2) is 34.5 Å². The standard InChI is InChI=1S/C10H21N3O2S/c1-4-10(5-2,9(11)13-15)12-8(14)6-7-16-3/h15H,4-7H2,1-3H3,(H2,11,13)(H,12,14). The topological polar surface area (TPSA) is 87.7 Å². The first-order valence-electron chi connectivity index (χ1n) is 5.34. The summed E-state index contributed by atoms with van der Waals surface area (Å²) >= 11 is 1.61. The zero-order valence-corrected chi connectivity index (χ0v) is 10.9. The fraction of sp³-hybridized carbons (Fsp3) is 0.800. The van der Waals surface area contributed by atoms with Crippen LogP contribution in [0.1, 0.15) is 33.1 Å². The van der Waals surface area contributed by atoms with Crippen molar-refractivity contribution in [3.8, 4) is 0 Å². The summed E-state index contributed by atoms with van der Waals surface area (Å²) in [5.74, 6) is 0.769. The molecule has 5 nitrogen and oxygen atoms in total. The summed E-state index contributed by atoms with van der Waals surface area (Å²) in [5.41, 5.74) is 4.91. The molecule has 0 aliphatic carbocycles. The van der Waals surface area contributed by atoms with Gasteiger partial charge in [0.2, 0.25) is 5.91 Å². The molecule has 0 fully saturated rings. The third kappa shape index (κ3) is 3.92. The molecule has 0 aliphatic rings. The molecule has 0 saturated heterocycles. The number of oxime groups is 1. The van der Waals surface area contributed by atoms with Gasteiger partial charge < -0.3 is 16.3 Å². The molecule has 0 atom stereocenters. The van der Waals surface area contributed by atoms with Crippen LogP contribution in [0.25, 0.3) is 0 Å². The first-order valence-corrected chi connectivity index (χ1v) is 6.73. The lowest BCUT2D eigenvalue weighted by Crippen LogP contribution is -2.56. The smallest absolute Gasteiger partial charge is 0.221 e.